The van der Waals surface area contributed by atoms with Gasteiger partial charge in [-0.05, 0) is 32.4 Å². The number of aliphatic carboxylic acids is 1. The Labute approximate surface area is 118 Å². The van der Waals surface area contributed by atoms with Gasteiger partial charge < -0.3 is 15.7 Å². The minimum Gasteiger partial charge on any atom is -0.480 e. The van der Waals surface area contributed by atoms with Crippen LogP contribution in [0.4, 0.5) is 4.79 Å². The van der Waals surface area contributed by atoms with Gasteiger partial charge in [-0.25, -0.2) is 9.59 Å². The zero-order chi connectivity index (χ0) is 15.2. The van der Waals surface area contributed by atoms with Crippen molar-refractivity contribution in [2.75, 3.05) is 0 Å². The Morgan fingerprint density at radius 2 is 2.15 bits per heavy atom. The molecule has 0 fully saturated rings. The number of carbonyl (C=O) groups excluding carboxylic acids is 1. The van der Waals surface area contributed by atoms with E-state index in [1.54, 1.807) is 25.3 Å². The maximum Gasteiger partial charge on any atom is 0.329 e. The van der Waals surface area contributed by atoms with Crippen molar-refractivity contribution in [3.8, 4) is 0 Å². The van der Waals surface area contributed by atoms with Crippen LogP contribution in [0.2, 0.25) is 0 Å². The zero-order valence-electron chi connectivity index (χ0n) is 12.0. The molecule has 3 N–H and O–H groups in total. The Bertz CT molecular complexity index is 464. The summed E-state index contributed by atoms with van der Waals surface area (Å²) in [6, 6.07) is 4.61. The van der Waals surface area contributed by atoms with Crippen molar-refractivity contribution >= 4 is 12.0 Å². The molecular formula is C14H21N3O3. The van der Waals surface area contributed by atoms with E-state index in [1.807, 2.05) is 13.0 Å². The predicted octanol–water partition coefficient (Wildman–Crippen LogP) is 2.09. The number of hydrogen-bond acceptors (Lipinski definition) is 3. The molecule has 0 aromatic carbocycles. The minimum absolute atomic E-state index is 0.295. The van der Waals surface area contributed by atoms with Gasteiger partial charge in [0.25, 0.3) is 0 Å². The van der Waals surface area contributed by atoms with Gasteiger partial charge >= 0.3 is 12.0 Å². The molecule has 6 heteroatoms. The van der Waals surface area contributed by atoms with Gasteiger partial charge in [0.05, 0.1) is 11.7 Å². The second-order valence-electron chi connectivity index (χ2n) is 4.96. The second kappa shape index (κ2) is 6.88. The van der Waals surface area contributed by atoms with Gasteiger partial charge in [-0.3, -0.25) is 4.98 Å². The van der Waals surface area contributed by atoms with Gasteiger partial charge in [-0.2, -0.15) is 0 Å². The maximum atomic E-state index is 11.9. The standard InChI is InChI=1S/C14H21N3O3/c1-4-8-14(3,12(18)19)17-13(20)16-10(2)11-7-5-6-9-15-11/h5-7,9-10H,4,8H2,1-3H3,(H,18,19)(H2,16,17,20). The number of urea groups is 1. The summed E-state index contributed by atoms with van der Waals surface area (Å²) in [6.07, 6.45) is 2.68. The first-order chi connectivity index (χ1) is 9.39. The summed E-state index contributed by atoms with van der Waals surface area (Å²) in [6.45, 7) is 5.17. The molecule has 0 aliphatic heterocycles. The van der Waals surface area contributed by atoms with Gasteiger partial charge in [-0.15, -0.1) is 0 Å². The largest absolute Gasteiger partial charge is 0.480 e. The summed E-state index contributed by atoms with van der Waals surface area (Å²) >= 11 is 0. The van der Waals surface area contributed by atoms with Gasteiger partial charge in [-0.1, -0.05) is 19.4 Å². The lowest BCUT2D eigenvalue weighted by atomic mass is 9.96. The molecule has 6 nitrogen and oxygen atoms in total. The smallest absolute Gasteiger partial charge is 0.329 e. The molecule has 0 aliphatic carbocycles. The highest BCUT2D eigenvalue weighted by Gasteiger charge is 2.34. The summed E-state index contributed by atoms with van der Waals surface area (Å²) in [5.41, 5.74) is -0.543. The molecule has 110 valence electrons. The lowest BCUT2D eigenvalue weighted by Gasteiger charge is -2.26. The highest BCUT2D eigenvalue weighted by atomic mass is 16.4. The highest BCUT2D eigenvalue weighted by Crippen LogP contribution is 2.13. The minimum atomic E-state index is -1.26. The molecule has 1 aromatic rings. The number of carboxylic acid groups (broad SMARTS) is 1. The molecule has 0 aliphatic rings. The second-order valence-corrected chi connectivity index (χ2v) is 4.96. The van der Waals surface area contributed by atoms with Crippen molar-refractivity contribution in [3.63, 3.8) is 0 Å². The maximum absolute atomic E-state index is 11.9. The molecule has 1 heterocycles. The van der Waals surface area contributed by atoms with Crippen LogP contribution in [-0.2, 0) is 4.79 Å². The van der Waals surface area contributed by atoms with Crippen molar-refractivity contribution < 1.29 is 14.7 Å². The van der Waals surface area contributed by atoms with Crippen LogP contribution in [0.3, 0.4) is 0 Å². The summed E-state index contributed by atoms with van der Waals surface area (Å²) in [7, 11) is 0. The van der Waals surface area contributed by atoms with E-state index in [2.05, 4.69) is 15.6 Å². The van der Waals surface area contributed by atoms with Crippen molar-refractivity contribution in [1.29, 1.82) is 0 Å². The van der Waals surface area contributed by atoms with Gasteiger partial charge in [0.1, 0.15) is 5.54 Å². The number of nitrogens with zero attached hydrogens (tertiary/aromatic N) is 1. The molecule has 0 saturated heterocycles. The number of nitrogens with one attached hydrogen (secondary N) is 2. The number of aromatic nitrogens is 1. The zero-order valence-corrected chi connectivity index (χ0v) is 12.0. The van der Waals surface area contributed by atoms with E-state index in [9.17, 15) is 14.7 Å². The van der Waals surface area contributed by atoms with Crippen molar-refractivity contribution in [3.05, 3.63) is 30.1 Å². The average molecular weight is 279 g/mol. The first kappa shape index (κ1) is 15.9. The van der Waals surface area contributed by atoms with Crippen LogP contribution in [0.15, 0.2) is 24.4 Å². The van der Waals surface area contributed by atoms with Gasteiger partial charge in [0.2, 0.25) is 0 Å². The Morgan fingerprint density at radius 1 is 1.45 bits per heavy atom. The van der Waals surface area contributed by atoms with Crippen LogP contribution in [0.1, 0.15) is 45.3 Å². The average Bonchev–Trinajstić information content (AvgIpc) is 2.39. The SMILES string of the molecule is CCCC(C)(NC(=O)NC(C)c1ccccn1)C(=O)O. The first-order valence-electron chi connectivity index (χ1n) is 6.62. The number of hydrogen-bond donors (Lipinski definition) is 3. The lowest BCUT2D eigenvalue weighted by Crippen LogP contribution is -2.55. The molecule has 20 heavy (non-hydrogen) atoms. The van der Waals surface area contributed by atoms with E-state index in [-0.39, 0.29) is 6.04 Å². The Balaban J connectivity index is 2.65. The van der Waals surface area contributed by atoms with Crippen molar-refractivity contribution in [2.45, 2.75) is 45.2 Å². The topological polar surface area (TPSA) is 91.3 Å². The molecular weight excluding hydrogens is 258 g/mol. The van der Waals surface area contributed by atoms with E-state index in [0.29, 0.717) is 12.8 Å². The lowest BCUT2D eigenvalue weighted by molar-refractivity contribution is -0.144. The molecule has 2 atom stereocenters. The molecule has 2 amide bonds. The molecule has 0 saturated carbocycles. The van der Waals surface area contributed by atoms with E-state index >= 15 is 0 Å². The van der Waals surface area contributed by atoms with Crippen LogP contribution in [0, 0.1) is 0 Å². The number of carbonyl (C=O) groups is 2. The highest BCUT2D eigenvalue weighted by molar-refractivity contribution is 5.85. The fraction of sp³-hybridized carbons (Fsp3) is 0.500. The van der Waals surface area contributed by atoms with Crippen LogP contribution in [-0.4, -0.2) is 27.6 Å². The fourth-order valence-corrected chi connectivity index (χ4v) is 1.91. The quantitative estimate of drug-likeness (QED) is 0.743. The number of carboxylic acids is 1. The number of amides is 2. The molecule has 0 bridgehead atoms. The third kappa shape index (κ3) is 4.22. The van der Waals surface area contributed by atoms with Gasteiger partial charge in [0, 0.05) is 6.20 Å². The van der Waals surface area contributed by atoms with Gasteiger partial charge in [0.15, 0.2) is 0 Å². The molecule has 1 aromatic heterocycles. The van der Waals surface area contributed by atoms with E-state index in [4.69, 9.17) is 0 Å². The fourth-order valence-electron chi connectivity index (χ4n) is 1.91. The van der Waals surface area contributed by atoms with Crippen molar-refractivity contribution in [1.82, 2.24) is 15.6 Å². The first-order valence-corrected chi connectivity index (χ1v) is 6.62. The number of pyridine rings is 1. The predicted molar refractivity (Wildman–Crippen MR) is 75.3 cm³/mol. The molecule has 1 rings (SSSR count). The third-order valence-corrected chi connectivity index (χ3v) is 3.09. The van der Waals surface area contributed by atoms with Crippen LogP contribution >= 0.6 is 0 Å². The van der Waals surface area contributed by atoms with Crippen LogP contribution < -0.4 is 10.6 Å². The van der Waals surface area contributed by atoms with Crippen LogP contribution in [0.5, 0.6) is 0 Å². The molecule has 0 radical (unpaired) electrons. The summed E-state index contributed by atoms with van der Waals surface area (Å²) in [5, 5.41) is 14.4. The van der Waals surface area contributed by atoms with Crippen LogP contribution in [0.25, 0.3) is 0 Å². The van der Waals surface area contributed by atoms with E-state index < -0.39 is 17.5 Å². The Morgan fingerprint density at radius 3 is 2.65 bits per heavy atom. The Kier molecular flexibility index (Phi) is 5.49. The molecule has 2 unspecified atom stereocenters. The normalized spacial score (nSPS) is 14.9. The third-order valence-electron chi connectivity index (χ3n) is 3.09. The summed E-state index contributed by atoms with van der Waals surface area (Å²) in [4.78, 5) is 27.3. The van der Waals surface area contributed by atoms with E-state index in [0.717, 1.165) is 5.69 Å². The number of rotatable bonds is 6. The van der Waals surface area contributed by atoms with Crippen molar-refractivity contribution in [2.24, 2.45) is 0 Å². The Hall–Kier alpha value is -2.11. The molecule has 0 spiro atoms. The van der Waals surface area contributed by atoms with E-state index in [1.165, 1.54) is 6.92 Å². The summed E-state index contributed by atoms with van der Waals surface area (Å²) in [5.74, 6) is -1.04. The summed E-state index contributed by atoms with van der Waals surface area (Å²) < 4.78 is 0. The monoisotopic (exact) mass is 279 g/mol.